The molecule has 0 aliphatic heterocycles. The molecule has 0 atom stereocenters. The summed E-state index contributed by atoms with van der Waals surface area (Å²) in [4.78, 5) is 19.5. The highest BCUT2D eigenvalue weighted by atomic mass is 16.6. The van der Waals surface area contributed by atoms with Crippen LogP contribution in [-0.2, 0) is 0 Å². The van der Waals surface area contributed by atoms with Gasteiger partial charge in [-0.2, -0.15) is 0 Å². The molecule has 80 valence electrons. The van der Waals surface area contributed by atoms with E-state index >= 15 is 0 Å². The van der Waals surface area contributed by atoms with Crippen LogP contribution < -0.4 is 4.74 Å². The van der Waals surface area contributed by atoms with Gasteiger partial charge in [0.05, 0.1) is 34.7 Å². The van der Waals surface area contributed by atoms with E-state index in [-0.39, 0.29) is 17.1 Å². The third kappa shape index (κ3) is 2.63. The Morgan fingerprint density at radius 3 is 1.93 bits per heavy atom. The van der Waals surface area contributed by atoms with E-state index in [2.05, 4.69) is 0 Å². The summed E-state index contributed by atoms with van der Waals surface area (Å²) >= 11 is 0. The Morgan fingerprint density at radius 1 is 1.13 bits per heavy atom. The summed E-state index contributed by atoms with van der Waals surface area (Å²) in [5.41, 5.74) is -0.708. The molecule has 15 heavy (non-hydrogen) atoms. The predicted molar refractivity (Wildman–Crippen MR) is 50.9 cm³/mol. The van der Waals surface area contributed by atoms with E-state index in [1.54, 1.807) is 6.92 Å². The number of hydrogen-bond donors (Lipinski definition) is 0. The summed E-state index contributed by atoms with van der Waals surface area (Å²) in [7, 11) is 0. The van der Waals surface area contributed by atoms with Gasteiger partial charge in [0, 0.05) is 0 Å². The van der Waals surface area contributed by atoms with Crippen molar-refractivity contribution in [3.63, 3.8) is 0 Å². The van der Waals surface area contributed by atoms with Gasteiger partial charge in [-0.05, 0) is 6.92 Å². The zero-order valence-corrected chi connectivity index (χ0v) is 7.87. The van der Waals surface area contributed by atoms with Crippen LogP contribution in [0, 0.1) is 20.2 Å². The molecule has 0 fully saturated rings. The van der Waals surface area contributed by atoms with Crippen molar-refractivity contribution in [1.82, 2.24) is 0 Å². The highest BCUT2D eigenvalue weighted by Gasteiger charge is 2.16. The number of non-ortho nitro benzene ring substituents is 2. The zero-order chi connectivity index (χ0) is 11.4. The van der Waals surface area contributed by atoms with Crippen LogP contribution in [0.2, 0.25) is 0 Å². The summed E-state index contributed by atoms with van der Waals surface area (Å²) in [6.45, 7) is 1.98. The van der Waals surface area contributed by atoms with Crippen LogP contribution in [0.1, 0.15) is 6.92 Å². The molecule has 0 aromatic heterocycles. The maximum Gasteiger partial charge on any atom is 0.280 e. The number of benzene rings is 1. The predicted octanol–water partition coefficient (Wildman–Crippen LogP) is 1.90. The fourth-order valence-electron chi connectivity index (χ4n) is 1.03. The van der Waals surface area contributed by atoms with Gasteiger partial charge >= 0.3 is 0 Å². The van der Waals surface area contributed by atoms with Crippen molar-refractivity contribution in [3.05, 3.63) is 38.4 Å². The summed E-state index contributed by atoms with van der Waals surface area (Å²) < 4.78 is 4.98. The Morgan fingerprint density at radius 2 is 1.60 bits per heavy atom. The SMILES string of the molecule is CCOc1cc([N+](=O)[O-])cc([N+](=O)[O-])c1. The van der Waals surface area contributed by atoms with Gasteiger partial charge < -0.3 is 4.74 Å². The van der Waals surface area contributed by atoms with Crippen molar-refractivity contribution in [2.45, 2.75) is 6.92 Å². The van der Waals surface area contributed by atoms with Gasteiger partial charge in [-0.25, -0.2) is 0 Å². The van der Waals surface area contributed by atoms with E-state index in [1.807, 2.05) is 0 Å². The number of nitrogens with zero attached hydrogens (tertiary/aromatic N) is 2. The molecule has 0 bridgehead atoms. The minimum atomic E-state index is -0.699. The Labute approximate surface area is 84.6 Å². The standard InChI is InChI=1S/C8H8N2O5/c1-2-15-8-4-6(9(11)12)3-7(5-8)10(13)14/h3-5H,2H2,1H3. The molecule has 0 unspecified atom stereocenters. The molecule has 0 aliphatic carbocycles. The molecule has 7 nitrogen and oxygen atoms in total. The van der Waals surface area contributed by atoms with Crippen LogP contribution in [0.25, 0.3) is 0 Å². The lowest BCUT2D eigenvalue weighted by molar-refractivity contribution is -0.394. The molecule has 0 amide bonds. The quantitative estimate of drug-likeness (QED) is 0.560. The van der Waals surface area contributed by atoms with Gasteiger partial charge in [-0.15, -0.1) is 0 Å². The molecule has 0 heterocycles. The number of ether oxygens (including phenoxy) is 1. The monoisotopic (exact) mass is 212 g/mol. The van der Waals surface area contributed by atoms with Crippen molar-refractivity contribution >= 4 is 11.4 Å². The topological polar surface area (TPSA) is 95.5 Å². The summed E-state index contributed by atoms with van der Waals surface area (Å²) in [6.07, 6.45) is 0. The summed E-state index contributed by atoms with van der Waals surface area (Å²) in [5.74, 6) is 0.124. The largest absolute Gasteiger partial charge is 0.493 e. The van der Waals surface area contributed by atoms with Crippen molar-refractivity contribution < 1.29 is 14.6 Å². The lowest BCUT2D eigenvalue weighted by Gasteiger charge is -2.02. The average Bonchev–Trinajstić information content (AvgIpc) is 2.17. The second-order valence-electron chi connectivity index (χ2n) is 2.63. The molecular weight excluding hydrogens is 204 g/mol. The molecule has 1 aromatic rings. The first kappa shape index (κ1) is 10.9. The molecule has 1 rings (SSSR count). The van der Waals surface area contributed by atoms with E-state index in [4.69, 9.17) is 4.74 Å². The van der Waals surface area contributed by atoms with Crippen LogP contribution in [0.3, 0.4) is 0 Å². The molecule has 0 aliphatic rings. The second-order valence-corrected chi connectivity index (χ2v) is 2.63. The maximum atomic E-state index is 10.5. The van der Waals surface area contributed by atoms with Gasteiger partial charge in [-0.1, -0.05) is 0 Å². The first-order valence-electron chi connectivity index (χ1n) is 4.11. The van der Waals surface area contributed by atoms with Crippen LogP contribution >= 0.6 is 0 Å². The second kappa shape index (κ2) is 4.36. The molecule has 0 spiro atoms. The van der Waals surface area contributed by atoms with E-state index < -0.39 is 9.85 Å². The molecule has 0 saturated heterocycles. The number of nitro benzene ring substituents is 2. The van der Waals surface area contributed by atoms with Gasteiger partial charge in [-0.3, -0.25) is 20.2 Å². The minimum Gasteiger partial charge on any atom is -0.493 e. The Balaban J connectivity index is 3.19. The summed E-state index contributed by atoms with van der Waals surface area (Å²) in [6, 6.07) is 3.19. The Kier molecular flexibility index (Phi) is 3.17. The highest BCUT2D eigenvalue weighted by Crippen LogP contribution is 2.27. The van der Waals surface area contributed by atoms with Crippen LogP contribution in [0.5, 0.6) is 5.75 Å². The van der Waals surface area contributed by atoms with Crippen LogP contribution in [0.15, 0.2) is 18.2 Å². The molecular formula is C8H8N2O5. The number of hydrogen-bond acceptors (Lipinski definition) is 5. The van der Waals surface area contributed by atoms with Gasteiger partial charge in [0.1, 0.15) is 5.75 Å². The van der Waals surface area contributed by atoms with Gasteiger partial charge in [0.25, 0.3) is 11.4 Å². The normalized spacial score (nSPS) is 9.67. The zero-order valence-electron chi connectivity index (χ0n) is 7.87. The molecule has 0 radical (unpaired) electrons. The Hall–Kier alpha value is -2.18. The van der Waals surface area contributed by atoms with Crippen molar-refractivity contribution in [2.24, 2.45) is 0 Å². The van der Waals surface area contributed by atoms with Crippen LogP contribution in [0.4, 0.5) is 11.4 Å². The first-order chi connectivity index (χ1) is 7.04. The molecule has 1 aromatic carbocycles. The fourth-order valence-corrected chi connectivity index (χ4v) is 1.03. The lowest BCUT2D eigenvalue weighted by Crippen LogP contribution is -1.96. The minimum absolute atomic E-state index is 0.124. The van der Waals surface area contributed by atoms with Crippen molar-refractivity contribution in [3.8, 4) is 5.75 Å². The Bertz CT molecular complexity index is 372. The number of rotatable bonds is 4. The highest BCUT2D eigenvalue weighted by molar-refractivity contribution is 5.49. The fraction of sp³-hybridized carbons (Fsp3) is 0.250. The molecule has 0 N–H and O–H groups in total. The van der Waals surface area contributed by atoms with Crippen molar-refractivity contribution in [1.29, 1.82) is 0 Å². The van der Waals surface area contributed by atoms with Crippen molar-refractivity contribution in [2.75, 3.05) is 6.61 Å². The van der Waals surface area contributed by atoms with Gasteiger partial charge in [0.15, 0.2) is 0 Å². The third-order valence-corrected chi connectivity index (χ3v) is 1.61. The lowest BCUT2D eigenvalue weighted by atomic mass is 10.2. The molecule has 0 saturated carbocycles. The van der Waals surface area contributed by atoms with E-state index in [0.717, 1.165) is 18.2 Å². The maximum absolute atomic E-state index is 10.5. The van der Waals surface area contributed by atoms with Crippen LogP contribution in [-0.4, -0.2) is 16.5 Å². The summed E-state index contributed by atoms with van der Waals surface area (Å²) in [5, 5.41) is 20.9. The third-order valence-electron chi connectivity index (χ3n) is 1.61. The van der Waals surface area contributed by atoms with E-state index in [9.17, 15) is 20.2 Å². The molecule has 7 heteroatoms. The number of nitro groups is 2. The first-order valence-corrected chi connectivity index (χ1v) is 4.11. The van der Waals surface area contributed by atoms with E-state index in [1.165, 1.54) is 0 Å². The van der Waals surface area contributed by atoms with E-state index in [0.29, 0.717) is 6.61 Å². The smallest absolute Gasteiger partial charge is 0.280 e. The van der Waals surface area contributed by atoms with Gasteiger partial charge in [0.2, 0.25) is 0 Å². The average molecular weight is 212 g/mol.